The Morgan fingerprint density at radius 2 is 1.83 bits per heavy atom. The summed E-state index contributed by atoms with van der Waals surface area (Å²) in [5, 5.41) is 0. The number of pyridine rings is 1. The quantitative estimate of drug-likeness (QED) is 0.746. The molecule has 1 aliphatic heterocycles. The van der Waals surface area contributed by atoms with Gasteiger partial charge >= 0.3 is 0 Å². The van der Waals surface area contributed by atoms with Gasteiger partial charge in [-0.2, -0.15) is 0 Å². The van der Waals surface area contributed by atoms with Crippen LogP contribution in [0.15, 0.2) is 30.5 Å². The average Bonchev–Trinajstić information content (AvgIpc) is 3.03. The first-order valence-electron chi connectivity index (χ1n) is 9.15. The van der Waals surface area contributed by atoms with E-state index in [1.165, 1.54) is 47.7 Å². The van der Waals surface area contributed by atoms with Crippen molar-refractivity contribution < 1.29 is 0 Å². The Morgan fingerprint density at radius 1 is 1.04 bits per heavy atom. The van der Waals surface area contributed by atoms with E-state index < -0.39 is 0 Å². The molecule has 0 unspecified atom stereocenters. The summed E-state index contributed by atoms with van der Waals surface area (Å²) < 4.78 is 0. The molecule has 2 aromatic rings. The molecule has 3 heterocycles. The van der Waals surface area contributed by atoms with Crippen molar-refractivity contribution in [2.45, 2.75) is 52.2 Å². The second kappa shape index (κ2) is 8.75. The van der Waals surface area contributed by atoms with Crippen LogP contribution in [0.2, 0.25) is 0 Å². The first-order chi connectivity index (χ1) is 11.7. The maximum Gasteiger partial charge on any atom is 0.0544 e. The van der Waals surface area contributed by atoms with E-state index in [1.807, 2.05) is 17.5 Å². The molecule has 1 fully saturated rings. The minimum Gasteiger partial charge on any atom is -0.298 e. The number of hydrogen-bond acceptors (Lipinski definition) is 4. The van der Waals surface area contributed by atoms with Gasteiger partial charge in [0.2, 0.25) is 0 Å². The van der Waals surface area contributed by atoms with Crippen LogP contribution in [0, 0.1) is 0 Å². The van der Waals surface area contributed by atoms with Crippen LogP contribution in [-0.4, -0.2) is 34.9 Å². The number of nitrogens with zero attached hydrogens (tertiary/aromatic N) is 3. The van der Waals surface area contributed by atoms with Crippen LogP contribution in [0.4, 0.5) is 0 Å². The van der Waals surface area contributed by atoms with Crippen LogP contribution in [0.5, 0.6) is 0 Å². The molecule has 1 saturated heterocycles. The van der Waals surface area contributed by atoms with Crippen molar-refractivity contribution in [2.75, 3.05) is 20.1 Å². The lowest BCUT2D eigenvalue weighted by atomic mass is 10.1. The van der Waals surface area contributed by atoms with Gasteiger partial charge in [-0.1, -0.05) is 19.4 Å². The molecular weight excluding hydrogens is 314 g/mol. The fraction of sp³-hybridized carbons (Fsp3) is 0.550. The van der Waals surface area contributed by atoms with Crippen molar-refractivity contribution in [2.24, 2.45) is 0 Å². The molecule has 0 bridgehead atoms. The summed E-state index contributed by atoms with van der Waals surface area (Å²) in [7, 11) is 2.18. The highest BCUT2D eigenvalue weighted by Gasteiger charge is 2.12. The number of piperidine rings is 1. The molecule has 0 aromatic carbocycles. The van der Waals surface area contributed by atoms with Crippen molar-refractivity contribution in [3.8, 4) is 0 Å². The lowest BCUT2D eigenvalue weighted by molar-refractivity contribution is 0.222. The molecule has 2 aromatic heterocycles. The van der Waals surface area contributed by atoms with Gasteiger partial charge in [-0.25, -0.2) is 0 Å². The van der Waals surface area contributed by atoms with E-state index >= 15 is 0 Å². The summed E-state index contributed by atoms with van der Waals surface area (Å²) >= 11 is 1.97. The Labute approximate surface area is 150 Å². The molecule has 3 nitrogen and oxygen atoms in total. The smallest absolute Gasteiger partial charge is 0.0544 e. The predicted molar refractivity (Wildman–Crippen MR) is 102 cm³/mol. The van der Waals surface area contributed by atoms with Gasteiger partial charge < -0.3 is 0 Å². The molecule has 4 heteroatoms. The molecule has 130 valence electrons. The summed E-state index contributed by atoms with van der Waals surface area (Å²) in [6, 6.07) is 8.97. The topological polar surface area (TPSA) is 19.4 Å². The average molecular weight is 344 g/mol. The van der Waals surface area contributed by atoms with Crippen LogP contribution >= 0.6 is 11.3 Å². The first-order valence-corrected chi connectivity index (χ1v) is 9.97. The van der Waals surface area contributed by atoms with E-state index in [1.54, 1.807) is 0 Å². The summed E-state index contributed by atoms with van der Waals surface area (Å²) in [6.45, 7) is 7.75. The summed E-state index contributed by atoms with van der Waals surface area (Å²) in [5.41, 5.74) is 2.46. The third-order valence-corrected chi connectivity index (χ3v) is 5.75. The van der Waals surface area contributed by atoms with E-state index in [4.69, 9.17) is 0 Å². The van der Waals surface area contributed by atoms with Crippen LogP contribution in [0.3, 0.4) is 0 Å². The highest BCUT2D eigenvalue weighted by atomic mass is 32.1. The normalized spacial score (nSPS) is 16.0. The molecule has 24 heavy (non-hydrogen) atoms. The van der Waals surface area contributed by atoms with Crippen LogP contribution in [-0.2, 0) is 26.1 Å². The van der Waals surface area contributed by atoms with Gasteiger partial charge in [0.1, 0.15) is 0 Å². The van der Waals surface area contributed by atoms with Gasteiger partial charge in [-0.15, -0.1) is 11.3 Å². The molecule has 0 saturated carbocycles. The third kappa shape index (κ3) is 5.13. The SMILES string of the molecule is CCc1ccc(CN(C)Cc2ccc(CN3CCCCC3)s2)nc1. The largest absolute Gasteiger partial charge is 0.298 e. The summed E-state index contributed by atoms with van der Waals surface area (Å²) in [6.07, 6.45) is 7.20. The van der Waals surface area contributed by atoms with E-state index in [0.29, 0.717) is 0 Å². The molecule has 0 atom stereocenters. The van der Waals surface area contributed by atoms with Gasteiger partial charge in [0.15, 0.2) is 0 Å². The minimum absolute atomic E-state index is 0.906. The summed E-state index contributed by atoms with van der Waals surface area (Å²) in [4.78, 5) is 12.5. The molecule has 0 aliphatic carbocycles. The lowest BCUT2D eigenvalue weighted by Gasteiger charge is -2.25. The van der Waals surface area contributed by atoms with Gasteiger partial charge in [-0.3, -0.25) is 14.8 Å². The zero-order valence-corrected chi connectivity index (χ0v) is 15.8. The van der Waals surface area contributed by atoms with Crippen molar-refractivity contribution in [3.63, 3.8) is 0 Å². The molecule has 0 spiro atoms. The monoisotopic (exact) mass is 343 g/mol. The Balaban J connectivity index is 1.49. The van der Waals surface area contributed by atoms with Crippen molar-refractivity contribution in [1.82, 2.24) is 14.8 Å². The van der Waals surface area contributed by atoms with Crippen molar-refractivity contribution >= 4 is 11.3 Å². The molecule has 3 rings (SSSR count). The van der Waals surface area contributed by atoms with Crippen molar-refractivity contribution in [3.05, 3.63) is 51.5 Å². The number of rotatable bonds is 7. The fourth-order valence-corrected chi connectivity index (χ4v) is 4.43. The van der Waals surface area contributed by atoms with Gasteiger partial charge in [0.25, 0.3) is 0 Å². The number of likely N-dealkylation sites (tertiary alicyclic amines) is 1. The minimum atomic E-state index is 0.906. The maximum absolute atomic E-state index is 4.57. The fourth-order valence-electron chi connectivity index (χ4n) is 3.29. The zero-order valence-electron chi connectivity index (χ0n) is 15.0. The zero-order chi connectivity index (χ0) is 16.8. The van der Waals surface area contributed by atoms with Crippen molar-refractivity contribution in [1.29, 1.82) is 0 Å². The van der Waals surface area contributed by atoms with Crippen LogP contribution < -0.4 is 0 Å². The number of aromatic nitrogens is 1. The maximum atomic E-state index is 4.57. The Bertz CT molecular complexity index is 614. The lowest BCUT2D eigenvalue weighted by Crippen LogP contribution is -2.28. The highest BCUT2D eigenvalue weighted by Crippen LogP contribution is 2.22. The van der Waals surface area contributed by atoms with E-state index in [9.17, 15) is 0 Å². The molecule has 0 amide bonds. The Hall–Kier alpha value is -1.23. The first kappa shape index (κ1) is 17.6. The van der Waals surface area contributed by atoms with Gasteiger partial charge in [-0.05, 0) is 63.2 Å². The van der Waals surface area contributed by atoms with Crippen LogP contribution in [0.25, 0.3) is 0 Å². The van der Waals surface area contributed by atoms with E-state index in [0.717, 1.165) is 31.7 Å². The number of thiophene rings is 1. The highest BCUT2D eigenvalue weighted by molar-refractivity contribution is 7.11. The van der Waals surface area contributed by atoms with Gasteiger partial charge in [0, 0.05) is 35.6 Å². The second-order valence-electron chi connectivity index (χ2n) is 6.89. The number of hydrogen-bond donors (Lipinski definition) is 0. The Morgan fingerprint density at radius 3 is 2.54 bits per heavy atom. The van der Waals surface area contributed by atoms with Gasteiger partial charge in [0.05, 0.1) is 5.69 Å². The predicted octanol–water partition coefficient (Wildman–Crippen LogP) is 4.32. The van der Waals surface area contributed by atoms with E-state index in [2.05, 4.69) is 53.0 Å². The summed E-state index contributed by atoms with van der Waals surface area (Å²) in [5.74, 6) is 0. The molecule has 1 aliphatic rings. The van der Waals surface area contributed by atoms with E-state index in [-0.39, 0.29) is 0 Å². The number of aryl methyl sites for hydroxylation is 1. The Kier molecular flexibility index (Phi) is 6.41. The molecule has 0 radical (unpaired) electrons. The third-order valence-electron chi connectivity index (χ3n) is 4.70. The van der Waals surface area contributed by atoms with Crippen LogP contribution in [0.1, 0.15) is 47.2 Å². The molecular formula is C20H29N3S. The standard InChI is InChI=1S/C20H29N3S/c1-3-17-7-8-18(21-13-17)14-22(2)15-19-9-10-20(24-19)16-23-11-5-4-6-12-23/h7-10,13H,3-6,11-12,14-16H2,1-2H3. The second-order valence-corrected chi connectivity index (χ2v) is 8.14. The molecule has 0 N–H and O–H groups in total.